The van der Waals surface area contributed by atoms with E-state index in [4.69, 9.17) is 0 Å². The van der Waals surface area contributed by atoms with Crippen LogP contribution in [-0.2, 0) is 0 Å². The minimum Gasteiger partial charge on any atom is -0.381 e. The fraction of sp³-hybridized carbons (Fsp3) is 0.500. The van der Waals surface area contributed by atoms with Gasteiger partial charge < -0.3 is 10.3 Å². The zero-order valence-corrected chi connectivity index (χ0v) is 13.4. The van der Waals surface area contributed by atoms with Crippen molar-refractivity contribution in [2.75, 3.05) is 18.4 Å². The average molecular weight is 299 g/mol. The fourth-order valence-corrected chi connectivity index (χ4v) is 3.56. The Balaban J connectivity index is 1.70. The summed E-state index contributed by atoms with van der Waals surface area (Å²) in [6, 6.07) is 9.15. The summed E-state index contributed by atoms with van der Waals surface area (Å²) in [5, 5.41) is 5.37. The second-order valence-electron chi connectivity index (χ2n) is 6.20. The van der Waals surface area contributed by atoms with Gasteiger partial charge in [-0.05, 0) is 48.9 Å². The first-order valence-corrected chi connectivity index (χ1v) is 8.33. The highest BCUT2D eigenvalue weighted by Gasteiger charge is 2.26. The number of nitrogens with one attached hydrogen (secondary N) is 2. The summed E-state index contributed by atoms with van der Waals surface area (Å²) in [7, 11) is 0. The molecule has 22 heavy (non-hydrogen) atoms. The van der Waals surface area contributed by atoms with Gasteiger partial charge in [0.05, 0.1) is 0 Å². The Bertz CT molecular complexity index is 690. The van der Waals surface area contributed by atoms with Crippen LogP contribution in [0.1, 0.15) is 33.1 Å². The van der Waals surface area contributed by atoms with E-state index in [0.717, 1.165) is 23.0 Å². The van der Waals surface area contributed by atoms with Crippen LogP contribution >= 0.6 is 0 Å². The molecule has 1 aliphatic heterocycles. The standard InChI is InChI=1S/C18H25N3O/c1-3-16(4-2)21-10-8-15(12-21)20-14-5-6-17-13(11-14)7-9-19-18(17)22/h5-7,9,11,15-16,20H,3-4,8,10,12H2,1-2H3,(H,19,22)/t15-/m0/s1. The molecule has 0 radical (unpaired) electrons. The zero-order valence-electron chi connectivity index (χ0n) is 13.4. The van der Waals surface area contributed by atoms with Gasteiger partial charge in [-0.25, -0.2) is 0 Å². The number of anilines is 1. The lowest BCUT2D eigenvalue weighted by Crippen LogP contribution is -2.34. The minimum absolute atomic E-state index is 0.0233. The number of nitrogens with zero attached hydrogens (tertiary/aromatic N) is 1. The maximum absolute atomic E-state index is 11.7. The molecule has 4 heteroatoms. The molecule has 1 fully saturated rings. The zero-order chi connectivity index (χ0) is 15.5. The Morgan fingerprint density at radius 1 is 1.32 bits per heavy atom. The topological polar surface area (TPSA) is 48.1 Å². The molecule has 1 saturated heterocycles. The van der Waals surface area contributed by atoms with Gasteiger partial charge in [-0.2, -0.15) is 0 Å². The van der Waals surface area contributed by atoms with Gasteiger partial charge in [-0.1, -0.05) is 13.8 Å². The lowest BCUT2D eigenvalue weighted by Gasteiger charge is -2.25. The molecule has 1 atom stereocenters. The van der Waals surface area contributed by atoms with Gasteiger partial charge in [0, 0.05) is 42.4 Å². The van der Waals surface area contributed by atoms with Crippen LogP contribution in [0.4, 0.5) is 5.69 Å². The Labute approximate surface area is 131 Å². The number of hydrogen-bond acceptors (Lipinski definition) is 3. The number of pyridine rings is 1. The van der Waals surface area contributed by atoms with Gasteiger partial charge in [-0.3, -0.25) is 9.69 Å². The SMILES string of the molecule is CCC(CC)N1CC[C@H](Nc2ccc3c(=O)[nH]ccc3c2)C1. The van der Waals surface area contributed by atoms with Crippen LogP contribution in [0.2, 0.25) is 0 Å². The molecule has 0 unspecified atom stereocenters. The van der Waals surface area contributed by atoms with Gasteiger partial charge >= 0.3 is 0 Å². The van der Waals surface area contributed by atoms with Crippen LogP contribution in [0.3, 0.4) is 0 Å². The lowest BCUT2D eigenvalue weighted by atomic mass is 10.1. The number of rotatable bonds is 5. The van der Waals surface area contributed by atoms with Gasteiger partial charge in [0.15, 0.2) is 0 Å². The Morgan fingerprint density at radius 2 is 2.14 bits per heavy atom. The van der Waals surface area contributed by atoms with Crippen molar-refractivity contribution in [1.29, 1.82) is 0 Å². The number of hydrogen-bond donors (Lipinski definition) is 2. The predicted octanol–water partition coefficient (Wildman–Crippen LogP) is 3.20. The first-order chi connectivity index (χ1) is 10.7. The van der Waals surface area contributed by atoms with Crippen LogP contribution in [0, 0.1) is 0 Å². The predicted molar refractivity (Wildman–Crippen MR) is 92.5 cm³/mol. The molecule has 1 aliphatic rings. The molecule has 1 aromatic carbocycles. The maximum Gasteiger partial charge on any atom is 0.255 e. The summed E-state index contributed by atoms with van der Waals surface area (Å²) in [6.45, 7) is 6.84. The smallest absolute Gasteiger partial charge is 0.255 e. The fourth-order valence-electron chi connectivity index (χ4n) is 3.56. The molecule has 0 amide bonds. The average Bonchev–Trinajstić information content (AvgIpc) is 2.97. The number of aromatic amines is 1. The summed E-state index contributed by atoms with van der Waals surface area (Å²) >= 11 is 0. The van der Waals surface area contributed by atoms with E-state index in [0.29, 0.717) is 12.1 Å². The molecular formula is C18H25N3O. The molecule has 2 heterocycles. The minimum atomic E-state index is -0.0233. The van der Waals surface area contributed by atoms with Crippen molar-refractivity contribution < 1.29 is 0 Å². The highest BCUT2D eigenvalue weighted by molar-refractivity contribution is 5.84. The second kappa shape index (κ2) is 6.53. The molecule has 118 valence electrons. The molecule has 0 spiro atoms. The van der Waals surface area contributed by atoms with Crippen molar-refractivity contribution in [3.8, 4) is 0 Å². The van der Waals surface area contributed by atoms with E-state index in [-0.39, 0.29) is 5.56 Å². The Morgan fingerprint density at radius 3 is 2.91 bits per heavy atom. The van der Waals surface area contributed by atoms with Crippen LogP contribution in [-0.4, -0.2) is 35.1 Å². The lowest BCUT2D eigenvalue weighted by molar-refractivity contribution is 0.228. The number of aromatic nitrogens is 1. The molecular weight excluding hydrogens is 274 g/mol. The molecule has 2 N–H and O–H groups in total. The number of H-pyrrole nitrogens is 1. The Kier molecular flexibility index (Phi) is 4.48. The third-order valence-corrected chi connectivity index (χ3v) is 4.82. The Hall–Kier alpha value is -1.81. The number of likely N-dealkylation sites (tertiary alicyclic amines) is 1. The third kappa shape index (κ3) is 3.02. The molecule has 3 rings (SSSR count). The summed E-state index contributed by atoms with van der Waals surface area (Å²) in [4.78, 5) is 17.1. The summed E-state index contributed by atoms with van der Waals surface area (Å²) in [5.41, 5.74) is 1.08. The molecule has 0 bridgehead atoms. The van der Waals surface area contributed by atoms with Gasteiger partial charge in [0.2, 0.25) is 0 Å². The third-order valence-electron chi connectivity index (χ3n) is 4.82. The summed E-state index contributed by atoms with van der Waals surface area (Å²) < 4.78 is 0. The van der Waals surface area contributed by atoms with E-state index >= 15 is 0 Å². The normalized spacial score (nSPS) is 19.1. The molecule has 0 aliphatic carbocycles. The van der Waals surface area contributed by atoms with E-state index in [1.54, 1.807) is 6.20 Å². The van der Waals surface area contributed by atoms with Gasteiger partial charge in [-0.15, -0.1) is 0 Å². The van der Waals surface area contributed by atoms with E-state index < -0.39 is 0 Å². The van der Waals surface area contributed by atoms with Crippen LogP contribution in [0.25, 0.3) is 10.8 Å². The monoisotopic (exact) mass is 299 g/mol. The van der Waals surface area contributed by atoms with E-state index in [9.17, 15) is 4.79 Å². The van der Waals surface area contributed by atoms with Crippen molar-refractivity contribution >= 4 is 16.5 Å². The summed E-state index contributed by atoms with van der Waals surface area (Å²) in [6.07, 6.45) is 5.34. The van der Waals surface area contributed by atoms with Crippen molar-refractivity contribution in [2.45, 2.75) is 45.2 Å². The second-order valence-corrected chi connectivity index (χ2v) is 6.20. The van der Waals surface area contributed by atoms with Crippen molar-refractivity contribution in [2.24, 2.45) is 0 Å². The first-order valence-electron chi connectivity index (χ1n) is 8.33. The largest absolute Gasteiger partial charge is 0.381 e. The summed E-state index contributed by atoms with van der Waals surface area (Å²) in [5.74, 6) is 0. The van der Waals surface area contributed by atoms with E-state index in [1.165, 1.54) is 25.8 Å². The maximum atomic E-state index is 11.7. The van der Waals surface area contributed by atoms with Crippen molar-refractivity contribution in [3.05, 3.63) is 40.8 Å². The highest BCUT2D eigenvalue weighted by Crippen LogP contribution is 2.22. The molecule has 0 saturated carbocycles. The molecule has 1 aromatic heterocycles. The first kappa shape index (κ1) is 15.1. The van der Waals surface area contributed by atoms with Gasteiger partial charge in [0.1, 0.15) is 0 Å². The van der Waals surface area contributed by atoms with Crippen LogP contribution < -0.4 is 10.9 Å². The van der Waals surface area contributed by atoms with Crippen LogP contribution in [0.5, 0.6) is 0 Å². The van der Waals surface area contributed by atoms with Crippen molar-refractivity contribution in [3.63, 3.8) is 0 Å². The highest BCUT2D eigenvalue weighted by atomic mass is 16.1. The van der Waals surface area contributed by atoms with E-state index in [1.807, 2.05) is 18.2 Å². The molecule has 4 nitrogen and oxygen atoms in total. The van der Waals surface area contributed by atoms with Gasteiger partial charge in [0.25, 0.3) is 5.56 Å². The van der Waals surface area contributed by atoms with E-state index in [2.05, 4.69) is 35.1 Å². The quantitative estimate of drug-likeness (QED) is 0.891. The van der Waals surface area contributed by atoms with Crippen molar-refractivity contribution in [1.82, 2.24) is 9.88 Å². The number of fused-ring (bicyclic) bond motifs is 1. The van der Waals surface area contributed by atoms with Crippen LogP contribution in [0.15, 0.2) is 35.3 Å². The number of benzene rings is 1. The molecule has 2 aromatic rings.